The normalized spacial score (nSPS) is 10.5. The first kappa shape index (κ1) is 13.1. The van der Waals surface area contributed by atoms with E-state index in [1.807, 2.05) is 38.1 Å². The van der Waals surface area contributed by atoms with Gasteiger partial charge in [0.2, 0.25) is 0 Å². The van der Waals surface area contributed by atoms with Crippen LogP contribution in [0.15, 0.2) is 34.9 Å². The third-order valence-corrected chi connectivity index (χ3v) is 2.52. The van der Waals surface area contributed by atoms with E-state index < -0.39 is 0 Å². The van der Waals surface area contributed by atoms with E-state index >= 15 is 0 Å². The lowest BCUT2D eigenvalue weighted by Crippen LogP contribution is -2.30. The fourth-order valence-electron chi connectivity index (χ4n) is 1.63. The van der Waals surface area contributed by atoms with Crippen LogP contribution in [0.3, 0.4) is 0 Å². The Kier molecular flexibility index (Phi) is 3.85. The van der Waals surface area contributed by atoms with Crippen molar-refractivity contribution in [2.75, 3.05) is 7.11 Å². The van der Waals surface area contributed by atoms with Crippen LogP contribution >= 0.6 is 0 Å². The molecule has 2 rings (SSSR count). The Morgan fingerprint density at radius 3 is 2.84 bits per heavy atom. The van der Waals surface area contributed by atoms with Crippen LogP contribution in [0.25, 0.3) is 11.3 Å². The highest BCUT2D eigenvalue weighted by molar-refractivity contribution is 5.93. The maximum atomic E-state index is 11.8. The SMILES string of the molecule is COc1cccc(-c2cc(C(=O)NC(C)C)no2)c1. The van der Waals surface area contributed by atoms with Gasteiger partial charge in [0.25, 0.3) is 5.91 Å². The molecule has 100 valence electrons. The number of nitrogens with zero attached hydrogens (tertiary/aromatic N) is 1. The lowest BCUT2D eigenvalue weighted by Gasteiger charge is -2.04. The molecule has 1 heterocycles. The summed E-state index contributed by atoms with van der Waals surface area (Å²) in [5, 5.41) is 6.53. The van der Waals surface area contributed by atoms with Gasteiger partial charge in [-0.3, -0.25) is 4.79 Å². The number of aromatic nitrogens is 1. The van der Waals surface area contributed by atoms with Crippen molar-refractivity contribution < 1.29 is 14.1 Å². The molecule has 0 atom stereocenters. The molecule has 0 aliphatic rings. The molecule has 1 aromatic carbocycles. The third kappa shape index (κ3) is 3.13. The lowest BCUT2D eigenvalue weighted by atomic mass is 10.1. The second kappa shape index (κ2) is 5.56. The molecule has 0 unspecified atom stereocenters. The smallest absolute Gasteiger partial charge is 0.273 e. The van der Waals surface area contributed by atoms with Gasteiger partial charge in [-0.1, -0.05) is 17.3 Å². The molecular formula is C14H16N2O3. The number of methoxy groups -OCH3 is 1. The summed E-state index contributed by atoms with van der Waals surface area (Å²) in [6.07, 6.45) is 0. The molecule has 0 spiro atoms. The minimum Gasteiger partial charge on any atom is -0.497 e. The minimum absolute atomic E-state index is 0.0597. The van der Waals surface area contributed by atoms with E-state index in [-0.39, 0.29) is 17.6 Å². The summed E-state index contributed by atoms with van der Waals surface area (Å²) in [5.74, 6) is 1.02. The number of carbonyl (C=O) groups excluding carboxylic acids is 1. The number of benzene rings is 1. The van der Waals surface area contributed by atoms with Crippen molar-refractivity contribution in [2.24, 2.45) is 0 Å². The van der Waals surface area contributed by atoms with Crippen LogP contribution in [-0.2, 0) is 0 Å². The zero-order valence-electron chi connectivity index (χ0n) is 11.1. The van der Waals surface area contributed by atoms with Crippen LogP contribution in [0.1, 0.15) is 24.3 Å². The third-order valence-electron chi connectivity index (χ3n) is 2.52. The molecule has 0 radical (unpaired) electrons. The predicted octanol–water partition coefficient (Wildman–Crippen LogP) is 2.49. The van der Waals surface area contributed by atoms with Gasteiger partial charge in [0.15, 0.2) is 11.5 Å². The van der Waals surface area contributed by atoms with Crippen LogP contribution in [0.4, 0.5) is 0 Å². The van der Waals surface area contributed by atoms with E-state index in [9.17, 15) is 4.79 Å². The number of hydrogen-bond acceptors (Lipinski definition) is 4. The van der Waals surface area contributed by atoms with Crippen molar-refractivity contribution in [1.82, 2.24) is 10.5 Å². The molecule has 1 aromatic heterocycles. The Morgan fingerprint density at radius 1 is 1.37 bits per heavy atom. The average Bonchev–Trinajstić information content (AvgIpc) is 2.88. The number of carbonyl (C=O) groups is 1. The summed E-state index contributed by atoms with van der Waals surface area (Å²) >= 11 is 0. The Hall–Kier alpha value is -2.30. The summed E-state index contributed by atoms with van der Waals surface area (Å²) in [4.78, 5) is 11.8. The molecule has 2 aromatic rings. The van der Waals surface area contributed by atoms with Crippen LogP contribution in [0.2, 0.25) is 0 Å². The van der Waals surface area contributed by atoms with Gasteiger partial charge >= 0.3 is 0 Å². The van der Waals surface area contributed by atoms with Crippen LogP contribution in [0.5, 0.6) is 5.75 Å². The first-order chi connectivity index (χ1) is 9.10. The quantitative estimate of drug-likeness (QED) is 0.917. The van der Waals surface area contributed by atoms with Crippen molar-refractivity contribution in [3.05, 3.63) is 36.0 Å². The van der Waals surface area contributed by atoms with E-state index in [1.165, 1.54) is 0 Å². The van der Waals surface area contributed by atoms with Crippen LogP contribution in [0, 0.1) is 0 Å². The van der Waals surface area contributed by atoms with Gasteiger partial charge in [-0.2, -0.15) is 0 Å². The summed E-state index contributed by atoms with van der Waals surface area (Å²) in [7, 11) is 1.60. The highest BCUT2D eigenvalue weighted by Gasteiger charge is 2.14. The van der Waals surface area contributed by atoms with Crippen molar-refractivity contribution in [1.29, 1.82) is 0 Å². The fraction of sp³-hybridized carbons (Fsp3) is 0.286. The Bertz CT molecular complexity index is 576. The Morgan fingerprint density at radius 2 is 2.16 bits per heavy atom. The summed E-state index contributed by atoms with van der Waals surface area (Å²) in [6.45, 7) is 3.78. The van der Waals surface area contributed by atoms with E-state index in [4.69, 9.17) is 9.26 Å². The topological polar surface area (TPSA) is 64.4 Å². The van der Waals surface area contributed by atoms with Crippen molar-refractivity contribution >= 4 is 5.91 Å². The zero-order valence-corrected chi connectivity index (χ0v) is 11.1. The van der Waals surface area contributed by atoms with Gasteiger partial charge < -0.3 is 14.6 Å². The highest BCUT2D eigenvalue weighted by Crippen LogP contribution is 2.24. The second-order valence-corrected chi connectivity index (χ2v) is 4.44. The minimum atomic E-state index is -0.243. The summed E-state index contributed by atoms with van der Waals surface area (Å²) < 4.78 is 10.3. The molecule has 5 nitrogen and oxygen atoms in total. The number of amides is 1. The van der Waals surface area contributed by atoms with E-state index in [0.717, 1.165) is 11.3 Å². The summed E-state index contributed by atoms with van der Waals surface area (Å²) in [5.41, 5.74) is 1.09. The van der Waals surface area contributed by atoms with E-state index in [1.54, 1.807) is 13.2 Å². The van der Waals surface area contributed by atoms with Crippen molar-refractivity contribution in [3.8, 4) is 17.1 Å². The lowest BCUT2D eigenvalue weighted by molar-refractivity contribution is 0.0934. The molecule has 1 amide bonds. The molecule has 1 N–H and O–H groups in total. The first-order valence-corrected chi connectivity index (χ1v) is 6.02. The maximum Gasteiger partial charge on any atom is 0.273 e. The standard InChI is InChI=1S/C14H16N2O3/c1-9(2)15-14(17)12-8-13(19-16-12)10-5-4-6-11(7-10)18-3/h4-9H,1-3H3,(H,15,17). The number of hydrogen-bond donors (Lipinski definition) is 1. The largest absolute Gasteiger partial charge is 0.497 e. The van der Waals surface area contributed by atoms with E-state index in [0.29, 0.717) is 5.76 Å². The number of ether oxygens (including phenoxy) is 1. The van der Waals surface area contributed by atoms with E-state index in [2.05, 4.69) is 10.5 Å². The molecule has 0 saturated heterocycles. The molecule has 5 heteroatoms. The van der Waals surface area contributed by atoms with Crippen molar-refractivity contribution in [2.45, 2.75) is 19.9 Å². The van der Waals surface area contributed by atoms with Gasteiger partial charge in [-0.15, -0.1) is 0 Å². The Labute approximate surface area is 111 Å². The molecule has 0 aliphatic heterocycles. The first-order valence-electron chi connectivity index (χ1n) is 6.02. The average molecular weight is 260 g/mol. The molecular weight excluding hydrogens is 244 g/mol. The molecule has 0 aliphatic carbocycles. The molecule has 0 bridgehead atoms. The second-order valence-electron chi connectivity index (χ2n) is 4.44. The monoisotopic (exact) mass is 260 g/mol. The van der Waals surface area contributed by atoms with Crippen molar-refractivity contribution in [3.63, 3.8) is 0 Å². The molecule has 0 fully saturated rings. The predicted molar refractivity (Wildman–Crippen MR) is 71.1 cm³/mol. The van der Waals surface area contributed by atoms with Gasteiger partial charge in [-0.25, -0.2) is 0 Å². The van der Waals surface area contributed by atoms with Gasteiger partial charge in [0, 0.05) is 17.7 Å². The van der Waals surface area contributed by atoms with Gasteiger partial charge in [0.1, 0.15) is 5.75 Å². The van der Waals surface area contributed by atoms with Gasteiger partial charge in [0.05, 0.1) is 7.11 Å². The number of nitrogens with one attached hydrogen (secondary N) is 1. The molecule has 0 saturated carbocycles. The maximum absolute atomic E-state index is 11.8. The Balaban J connectivity index is 2.22. The zero-order chi connectivity index (χ0) is 13.8. The highest BCUT2D eigenvalue weighted by atomic mass is 16.5. The van der Waals surface area contributed by atoms with Crippen LogP contribution < -0.4 is 10.1 Å². The van der Waals surface area contributed by atoms with Gasteiger partial charge in [-0.05, 0) is 26.0 Å². The van der Waals surface area contributed by atoms with Crippen LogP contribution in [-0.4, -0.2) is 24.2 Å². The summed E-state index contributed by atoms with van der Waals surface area (Å²) in [6, 6.07) is 9.06. The molecule has 19 heavy (non-hydrogen) atoms. The fourth-order valence-corrected chi connectivity index (χ4v) is 1.63. The number of rotatable bonds is 4.